The Balaban J connectivity index is 0.00000338. The quantitative estimate of drug-likeness (QED) is 0.283. The predicted molar refractivity (Wildman–Crippen MR) is 114 cm³/mol. The zero-order chi connectivity index (χ0) is 18.1. The van der Waals surface area contributed by atoms with E-state index in [1.807, 2.05) is 38.1 Å². The van der Waals surface area contributed by atoms with Crippen LogP contribution in [0.25, 0.3) is 0 Å². The highest BCUT2D eigenvalue weighted by Gasteiger charge is 2.06. The van der Waals surface area contributed by atoms with Gasteiger partial charge < -0.3 is 19.8 Å². The third-order valence-electron chi connectivity index (χ3n) is 3.66. The van der Waals surface area contributed by atoms with E-state index in [4.69, 9.17) is 15.6 Å². The maximum atomic E-state index is 5.54. The second kappa shape index (κ2) is 11.4. The first kappa shape index (κ1) is 21.8. The van der Waals surface area contributed by atoms with Gasteiger partial charge >= 0.3 is 0 Å². The molecule has 0 aliphatic heterocycles. The van der Waals surface area contributed by atoms with Gasteiger partial charge in [-0.05, 0) is 38.0 Å². The van der Waals surface area contributed by atoms with E-state index in [0.717, 1.165) is 30.2 Å². The number of nitrogens with zero attached hydrogens (tertiary/aromatic N) is 2. The molecule has 140 valence electrons. The summed E-state index contributed by atoms with van der Waals surface area (Å²) in [4.78, 5) is 8.54. The van der Waals surface area contributed by atoms with E-state index in [1.165, 1.54) is 5.56 Å². The highest BCUT2D eigenvalue weighted by molar-refractivity contribution is 14.0. The maximum Gasteiger partial charge on any atom is 0.214 e. The molecule has 0 aliphatic rings. The Labute approximate surface area is 171 Å². The first-order valence-corrected chi connectivity index (χ1v) is 8.15. The van der Waals surface area contributed by atoms with Crippen molar-refractivity contribution in [1.29, 1.82) is 0 Å². The molecule has 0 bridgehead atoms. The average Bonchev–Trinajstić information content (AvgIpc) is 2.95. The lowest BCUT2D eigenvalue weighted by Gasteiger charge is -2.11. The lowest BCUT2D eigenvalue weighted by Crippen LogP contribution is -2.37. The third kappa shape index (κ3) is 6.96. The van der Waals surface area contributed by atoms with Crippen molar-refractivity contribution in [1.82, 2.24) is 15.6 Å². The molecule has 0 fully saturated rings. The van der Waals surface area contributed by atoms with Crippen molar-refractivity contribution < 1.29 is 9.15 Å². The van der Waals surface area contributed by atoms with Crippen LogP contribution in [0, 0.1) is 26.2 Å². The minimum Gasteiger partial charge on any atom is -0.481 e. The first-order chi connectivity index (χ1) is 12.1. The van der Waals surface area contributed by atoms with Gasteiger partial charge in [0.15, 0.2) is 5.96 Å². The second-order valence-corrected chi connectivity index (χ2v) is 5.49. The number of halogens is 1. The molecule has 2 N–H and O–H groups in total. The number of terminal acetylenes is 1. The Morgan fingerprint density at radius 3 is 2.58 bits per heavy atom. The summed E-state index contributed by atoms with van der Waals surface area (Å²) in [6.07, 6.45) is 6.04. The number of guanidine groups is 1. The Morgan fingerprint density at radius 1 is 1.27 bits per heavy atom. The average molecular weight is 468 g/mol. The normalized spacial score (nSPS) is 10.6. The summed E-state index contributed by atoms with van der Waals surface area (Å²) in [5.74, 6) is 5.44. The van der Waals surface area contributed by atoms with Crippen molar-refractivity contribution in [2.24, 2.45) is 4.99 Å². The van der Waals surface area contributed by atoms with Gasteiger partial charge in [-0.2, -0.15) is 0 Å². The minimum absolute atomic E-state index is 0. The zero-order valence-electron chi connectivity index (χ0n) is 15.3. The number of oxazole rings is 1. The molecule has 0 atom stereocenters. The molecular weight excluding hydrogens is 443 g/mol. The topological polar surface area (TPSA) is 71.7 Å². The van der Waals surface area contributed by atoms with Crippen LogP contribution >= 0.6 is 24.0 Å². The lowest BCUT2D eigenvalue weighted by atomic mass is 10.1. The summed E-state index contributed by atoms with van der Waals surface area (Å²) in [6.45, 7) is 5.37. The van der Waals surface area contributed by atoms with E-state index in [9.17, 15) is 0 Å². The second-order valence-electron chi connectivity index (χ2n) is 5.49. The number of nitrogens with one attached hydrogen (secondary N) is 2. The van der Waals surface area contributed by atoms with Crippen molar-refractivity contribution >= 4 is 29.9 Å². The molecule has 1 aromatic heterocycles. The van der Waals surface area contributed by atoms with E-state index in [1.54, 1.807) is 7.05 Å². The number of rotatable bonds is 7. The maximum absolute atomic E-state index is 5.54. The lowest BCUT2D eigenvalue weighted by molar-refractivity contribution is 0.370. The van der Waals surface area contributed by atoms with Crippen LogP contribution < -0.4 is 15.4 Å². The standard InChI is InChI=1S/C19H24N4O2.HI/c1-5-12-24-17-8-6-16(7-9-17)10-11-21-19(20-4)22-13-18-23-14(2)15(3)25-18;/h1,6-9H,10-13H2,2-4H3,(H2,20,21,22);1H. The number of aryl methyl sites for hydroxylation is 2. The number of aromatic nitrogens is 1. The summed E-state index contributed by atoms with van der Waals surface area (Å²) >= 11 is 0. The molecule has 2 rings (SSSR count). The van der Waals surface area contributed by atoms with E-state index < -0.39 is 0 Å². The zero-order valence-corrected chi connectivity index (χ0v) is 17.7. The third-order valence-corrected chi connectivity index (χ3v) is 3.66. The van der Waals surface area contributed by atoms with Crippen molar-refractivity contribution in [2.75, 3.05) is 20.2 Å². The molecule has 6 nitrogen and oxygen atoms in total. The first-order valence-electron chi connectivity index (χ1n) is 8.15. The van der Waals surface area contributed by atoms with Gasteiger partial charge in [0, 0.05) is 13.6 Å². The van der Waals surface area contributed by atoms with Gasteiger partial charge in [0.25, 0.3) is 0 Å². The summed E-state index contributed by atoms with van der Waals surface area (Å²) in [5.41, 5.74) is 2.12. The molecule has 0 amide bonds. The fourth-order valence-electron chi connectivity index (χ4n) is 2.20. The molecule has 0 saturated carbocycles. The smallest absolute Gasteiger partial charge is 0.214 e. The predicted octanol–water partition coefficient (Wildman–Crippen LogP) is 2.83. The molecule has 0 radical (unpaired) electrons. The van der Waals surface area contributed by atoms with Crippen LogP contribution in [-0.4, -0.2) is 31.1 Å². The molecular formula is C19H25IN4O2. The molecule has 2 aromatic rings. The van der Waals surface area contributed by atoms with Crippen LogP contribution in [0.15, 0.2) is 33.7 Å². The summed E-state index contributed by atoms with van der Waals surface area (Å²) in [7, 11) is 1.74. The van der Waals surface area contributed by atoms with Crippen LogP contribution in [0.2, 0.25) is 0 Å². The summed E-state index contributed by atoms with van der Waals surface area (Å²) < 4.78 is 10.9. The van der Waals surface area contributed by atoms with Crippen molar-refractivity contribution in [2.45, 2.75) is 26.8 Å². The summed E-state index contributed by atoms with van der Waals surface area (Å²) in [6, 6.07) is 7.91. The molecule has 0 aliphatic carbocycles. The van der Waals surface area contributed by atoms with Crippen LogP contribution in [0.5, 0.6) is 5.75 Å². The summed E-state index contributed by atoms with van der Waals surface area (Å²) in [5, 5.41) is 6.46. The van der Waals surface area contributed by atoms with E-state index >= 15 is 0 Å². The van der Waals surface area contributed by atoms with Crippen molar-refractivity contribution in [3.8, 4) is 18.1 Å². The molecule has 0 spiro atoms. The minimum atomic E-state index is 0. The van der Waals surface area contributed by atoms with Gasteiger partial charge in [0.2, 0.25) is 5.89 Å². The molecule has 1 heterocycles. The van der Waals surface area contributed by atoms with Crippen LogP contribution in [0.3, 0.4) is 0 Å². The largest absolute Gasteiger partial charge is 0.481 e. The number of hydrogen-bond donors (Lipinski definition) is 2. The van der Waals surface area contributed by atoms with Gasteiger partial charge in [-0.25, -0.2) is 4.98 Å². The van der Waals surface area contributed by atoms with Gasteiger partial charge in [-0.1, -0.05) is 18.1 Å². The molecule has 1 aromatic carbocycles. The van der Waals surface area contributed by atoms with Gasteiger partial charge in [-0.15, -0.1) is 30.4 Å². The van der Waals surface area contributed by atoms with Crippen LogP contribution in [0.4, 0.5) is 0 Å². The number of benzene rings is 1. The van der Waals surface area contributed by atoms with Crippen molar-refractivity contribution in [3.05, 3.63) is 47.2 Å². The Bertz CT molecular complexity index is 728. The monoisotopic (exact) mass is 468 g/mol. The van der Waals surface area contributed by atoms with Gasteiger partial charge in [0.1, 0.15) is 18.1 Å². The van der Waals surface area contributed by atoms with Gasteiger partial charge in [0.05, 0.1) is 12.2 Å². The highest BCUT2D eigenvalue weighted by Crippen LogP contribution is 2.12. The molecule has 0 saturated heterocycles. The van der Waals surface area contributed by atoms with E-state index in [-0.39, 0.29) is 30.6 Å². The highest BCUT2D eigenvalue weighted by atomic mass is 127. The van der Waals surface area contributed by atoms with Crippen LogP contribution in [0.1, 0.15) is 22.9 Å². The fourth-order valence-corrected chi connectivity index (χ4v) is 2.20. The Hall–Kier alpha value is -2.21. The molecule has 7 heteroatoms. The van der Waals surface area contributed by atoms with Gasteiger partial charge in [-0.3, -0.25) is 4.99 Å². The number of hydrogen-bond acceptors (Lipinski definition) is 4. The molecule has 0 unspecified atom stereocenters. The fraction of sp³-hybridized carbons (Fsp3) is 0.368. The van der Waals surface area contributed by atoms with Crippen LogP contribution in [-0.2, 0) is 13.0 Å². The van der Waals surface area contributed by atoms with Crippen molar-refractivity contribution in [3.63, 3.8) is 0 Å². The SMILES string of the molecule is C#CCOc1ccc(CCNC(=NC)NCc2nc(C)c(C)o2)cc1.I. The number of aliphatic imine (C=N–C) groups is 1. The molecule has 26 heavy (non-hydrogen) atoms. The Kier molecular flexibility index (Phi) is 9.58. The van der Waals surface area contributed by atoms with E-state index in [2.05, 4.69) is 26.5 Å². The number of ether oxygens (including phenoxy) is 1. The Morgan fingerprint density at radius 2 is 2.00 bits per heavy atom. The van der Waals surface area contributed by atoms with E-state index in [0.29, 0.717) is 18.4 Å².